The molecule has 1 atom stereocenters. The second-order valence-electron chi connectivity index (χ2n) is 5.85. The van der Waals surface area contributed by atoms with Gasteiger partial charge in [0.2, 0.25) is 0 Å². The minimum Gasteiger partial charge on any atom is -0.480 e. The molecule has 3 aromatic rings. The summed E-state index contributed by atoms with van der Waals surface area (Å²) in [6.07, 6.45) is -0.588. The molecule has 0 heterocycles. The largest absolute Gasteiger partial charge is 0.480 e. The van der Waals surface area contributed by atoms with Crippen LogP contribution in [0.2, 0.25) is 5.02 Å². The van der Waals surface area contributed by atoms with Gasteiger partial charge in [0.05, 0.1) is 7.11 Å². The normalized spacial score (nSPS) is 11.7. The van der Waals surface area contributed by atoms with Crippen LogP contribution in [0, 0.1) is 5.82 Å². The van der Waals surface area contributed by atoms with Gasteiger partial charge in [0.1, 0.15) is 23.2 Å². The van der Waals surface area contributed by atoms with E-state index in [9.17, 15) is 9.18 Å². The zero-order chi connectivity index (χ0) is 19.4. The van der Waals surface area contributed by atoms with Gasteiger partial charge in [-0.25, -0.2) is 9.18 Å². The summed E-state index contributed by atoms with van der Waals surface area (Å²) < 4.78 is 24.3. The molecule has 0 amide bonds. The average Bonchev–Trinajstić information content (AvgIpc) is 2.68. The van der Waals surface area contributed by atoms with Crippen molar-refractivity contribution in [3.63, 3.8) is 0 Å². The smallest absolute Gasteiger partial charge is 0.341 e. The lowest BCUT2D eigenvalue weighted by atomic mass is 10.0. The quantitative estimate of drug-likeness (QED) is 0.495. The first-order valence-electron chi connectivity index (χ1n) is 8.13. The van der Waals surface area contributed by atoms with Crippen molar-refractivity contribution in [2.45, 2.75) is 6.10 Å². The van der Waals surface area contributed by atoms with Gasteiger partial charge < -0.3 is 15.2 Å². The van der Waals surface area contributed by atoms with Crippen molar-refractivity contribution < 1.29 is 18.7 Å². The second-order valence-corrected chi connectivity index (χ2v) is 6.28. The first-order valence-corrected chi connectivity index (χ1v) is 8.51. The number of benzene rings is 3. The highest BCUT2D eigenvalue weighted by atomic mass is 35.5. The van der Waals surface area contributed by atoms with Crippen molar-refractivity contribution in [3.05, 3.63) is 94.3 Å². The van der Waals surface area contributed by atoms with Gasteiger partial charge in [0.15, 0.2) is 0 Å². The lowest BCUT2D eigenvalue weighted by Crippen LogP contribution is -2.13. The van der Waals surface area contributed by atoms with E-state index in [1.165, 1.54) is 25.3 Å². The van der Waals surface area contributed by atoms with Crippen molar-refractivity contribution in [3.8, 4) is 5.75 Å². The molecular weight excluding hydrogens is 369 g/mol. The van der Waals surface area contributed by atoms with Crippen LogP contribution in [0.25, 0.3) is 0 Å². The van der Waals surface area contributed by atoms with E-state index in [4.69, 9.17) is 26.8 Å². The number of rotatable bonds is 5. The van der Waals surface area contributed by atoms with Gasteiger partial charge in [-0.1, -0.05) is 35.9 Å². The summed E-state index contributed by atoms with van der Waals surface area (Å²) in [6, 6.07) is 17.8. The zero-order valence-corrected chi connectivity index (χ0v) is 15.2. The molecule has 0 aliphatic heterocycles. The number of esters is 1. The molecule has 0 spiro atoms. The highest BCUT2D eigenvalue weighted by molar-refractivity contribution is 6.30. The Hall–Kier alpha value is -3.05. The number of anilines is 1. The van der Waals surface area contributed by atoms with Crippen molar-refractivity contribution in [1.82, 2.24) is 0 Å². The number of nitrogens with two attached hydrogens (primary N) is 1. The molecule has 3 aromatic carbocycles. The van der Waals surface area contributed by atoms with Crippen LogP contribution in [0.4, 0.5) is 10.1 Å². The Morgan fingerprint density at radius 1 is 1.00 bits per heavy atom. The molecule has 1 unspecified atom stereocenters. The third kappa shape index (κ3) is 4.38. The summed E-state index contributed by atoms with van der Waals surface area (Å²) in [4.78, 5) is 12.1. The predicted octanol–water partition coefficient (Wildman–Crippen LogP) is 5.02. The van der Waals surface area contributed by atoms with E-state index >= 15 is 0 Å². The lowest BCUT2D eigenvalue weighted by molar-refractivity contribution is 0.0594. The summed E-state index contributed by atoms with van der Waals surface area (Å²) in [5, 5.41) is 0.583. The van der Waals surface area contributed by atoms with E-state index in [1.54, 1.807) is 36.4 Å². The van der Waals surface area contributed by atoms with Crippen LogP contribution in [-0.2, 0) is 4.74 Å². The molecule has 6 heteroatoms. The fourth-order valence-electron chi connectivity index (χ4n) is 2.65. The monoisotopic (exact) mass is 385 g/mol. The Kier molecular flexibility index (Phi) is 5.62. The molecule has 0 saturated carbocycles. The van der Waals surface area contributed by atoms with Crippen molar-refractivity contribution in [2.24, 2.45) is 0 Å². The Labute approximate surface area is 161 Å². The van der Waals surface area contributed by atoms with E-state index in [-0.39, 0.29) is 11.4 Å². The van der Waals surface area contributed by atoms with Gasteiger partial charge in [-0.2, -0.15) is 0 Å². The predicted molar refractivity (Wildman–Crippen MR) is 103 cm³/mol. The molecule has 3 rings (SSSR count). The van der Waals surface area contributed by atoms with Gasteiger partial charge in [-0.3, -0.25) is 0 Å². The Bertz CT molecular complexity index is 897. The number of hydrogen-bond acceptors (Lipinski definition) is 4. The van der Waals surface area contributed by atoms with Gasteiger partial charge in [-0.15, -0.1) is 0 Å². The zero-order valence-electron chi connectivity index (χ0n) is 14.5. The standard InChI is InChI=1S/C21H17ClFNO3/c1-26-21(25)18-12-17(24)10-11-19(18)27-20(13-2-6-15(22)7-3-13)14-4-8-16(23)9-5-14/h2-12,20H,24H2,1H3. The van der Waals surface area contributed by atoms with Crippen LogP contribution in [0.15, 0.2) is 66.7 Å². The summed E-state index contributed by atoms with van der Waals surface area (Å²) in [5.41, 5.74) is 7.91. The van der Waals surface area contributed by atoms with Crippen LogP contribution in [0.5, 0.6) is 5.75 Å². The maximum Gasteiger partial charge on any atom is 0.341 e. The van der Waals surface area contributed by atoms with Crippen LogP contribution in [0.3, 0.4) is 0 Å². The van der Waals surface area contributed by atoms with E-state index in [0.29, 0.717) is 22.0 Å². The third-order valence-electron chi connectivity index (χ3n) is 4.00. The Balaban J connectivity index is 2.05. The molecule has 0 saturated heterocycles. The number of ether oxygens (including phenoxy) is 2. The molecule has 0 aromatic heterocycles. The number of methoxy groups -OCH3 is 1. The van der Waals surface area contributed by atoms with Crippen LogP contribution in [0.1, 0.15) is 27.6 Å². The van der Waals surface area contributed by atoms with E-state index in [2.05, 4.69) is 0 Å². The SMILES string of the molecule is COC(=O)c1cc(N)ccc1OC(c1ccc(F)cc1)c1ccc(Cl)cc1. The number of halogens is 2. The van der Waals surface area contributed by atoms with Gasteiger partial charge in [-0.05, 0) is 53.6 Å². The molecule has 138 valence electrons. The second kappa shape index (κ2) is 8.10. The fourth-order valence-corrected chi connectivity index (χ4v) is 2.78. The van der Waals surface area contributed by atoms with Crippen LogP contribution < -0.4 is 10.5 Å². The van der Waals surface area contributed by atoms with E-state index in [0.717, 1.165) is 5.56 Å². The fraction of sp³-hybridized carbons (Fsp3) is 0.0952. The molecule has 2 N–H and O–H groups in total. The molecule has 0 aliphatic rings. The molecule has 27 heavy (non-hydrogen) atoms. The third-order valence-corrected chi connectivity index (χ3v) is 4.25. The Morgan fingerprint density at radius 2 is 1.59 bits per heavy atom. The first-order chi connectivity index (χ1) is 13.0. The van der Waals surface area contributed by atoms with Crippen LogP contribution >= 0.6 is 11.6 Å². The summed E-state index contributed by atoms with van der Waals surface area (Å²) in [6.45, 7) is 0. The van der Waals surface area contributed by atoms with Gasteiger partial charge in [0, 0.05) is 10.7 Å². The van der Waals surface area contributed by atoms with Crippen LogP contribution in [-0.4, -0.2) is 13.1 Å². The summed E-state index contributed by atoms with van der Waals surface area (Å²) >= 11 is 5.98. The average molecular weight is 386 g/mol. The molecule has 4 nitrogen and oxygen atoms in total. The van der Waals surface area contributed by atoms with E-state index in [1.807, 2.05) is 12.1 Å². The summed E-state index contributed by atoms with van der Waals surface area (Å²) in [7, 11) is 1.28. The maximum atomic E-state index is 13.4. The number of carbonyl (C=O) groups is 1. The van der Waals surface area contributed by atoms with Gasteiger partial charge in [0.25, 0.3) is 0 Å². The number of carbonyl (C=O) groups excluding carboxylic acids is 1. The maximum absolute atomic E-state index is 13.4. The Morgan fingerprint density at radius 3 is 2.19 bits per heavy atom. The lowest BCUT2D eigenvalue weighted by Gasteiger charge is -2.22. The van der Waals surface area contributed by atoms with Crippen molar-refractivity contribution in [2.75, 3.05) is 12.8 Å². The van der Waals surface area contributed by atoms with Crippen molar-refractivity contribution >= 4 is 23.3 Å². The molecule has 0 radical (unpaired) electrons. The highest BCUT2D eigenvalue weighted by Crippen LogP contribution is 2.32. The summed E-state index contributed by atoms with van der Waals surface area (Å²) in [5.74, 6) is -0.608. The van der Waals surface area contributed by atoms with Crippen molar-refractivity contribution in [1.29, 1.82) is 0 Å². The molecule has 0 fully saturated rings. The highest BCUT2D eigenvalue weighted by Gasteiger charge is 2.21. The minimum atomic E-state index is -0.588. The van der Waals surface area contributed by atoms with E-state index < -0.39 is 12.1 Å². The number of hydrogen-bond donors (Lipinski definition) is 1. The first kappa shape index (κ1) is 18.7. The topological polar surface area (TPSA) is 61.5 Å². The molecule has 0 bridgehead atoms. The minimum absolute atomic E-state index is 0.207. The number of nitrogen functional groups attached to an aromatic ring is 1. The van der Waals surface area contributed by atoms with Gasteiger partial charge >= 0.3 is 5.97 Å². The molecule has 0 aliphatic carbocycles. The molecular formula is C21H17ClFNO3.